The summed E-state index contributed by atoms with van der Waals surface area (Å²) in [7, 11) is 0. The van der Waals surface area contributed by atoms with E-state index in [1.54, 1.807) is 0 Å². The van der Waals surface area contributed by atoms with E-state index in [9.17, 15) is 0 Å². The highest BCUT2D eigenvalue weighted by molar-refractivity contribution is 4.85. The van der Waals surface area contributed by atoms with Crippen LogP contribution in [0.3, 0.4) is 0 Å². The first-order chi connectivity index (χ1) is 6.64. The van der Waals surface area contributed by atoms with Crippen molar-refractivity contribution in [2.75, 3.05) is 13.2 Å². The maximum Gasteiger partial charge on any atom is 0.0641 e. The van der Waals surface area contributed by atoms with Crippen LogP contribution in [0.4, 0.5) is 0 Å². The summed E-state index contributed by atoms with van der Waals surface area (Å²) >= 11 is 0. The molecule has 0 bridgehead atoms. The number of nitrogens with one attached hydrogen (secondary N) is 1. The van der Waals surface area contributed by atoms with Crippen LogP contribution in [0, 0.1) is 12.3 Å². The molecule has 1 saturated heterocycles. The molecule has 1 N–H and O–H groups in total. The summed E-state index contributed by atoms with van der Waals surface area (Å²) in [6.07, 6.45) is 9.37. The SMILES string of the molecule is C#CCCCNC1CCOC(C)(C)C1. The third-order valence-electron chi connectivity index (χ3n) is 2.63. The molecule has 0 aromatic carbocycles. The highest BCUT2D eigenvalue weighted by Crippen LogP contribution is 2.23. The zero-order valence-electron chi connectivity index (χ0n) is 9.31. The van der Waals surface area contributed by atoms with Gasteiger partial charge in [0, 0.05) is 19.1 Å². The quantitative estimate of drug-likeness (QED) is 0.547. The first-order valence-electron chi connectivity index (χ1n) is 5.45. The minimum atomic E-state index is 0.0437. The van der Waals surface area contributed by atoms with Crippen molar-refractivity contribution < 1.29 is 4.74 Å². The Morgan fingerprint density at radius 3 is 3.00 bits per heavy atom. The number of terminal acetylenes is 1. The van der Waals surface area contributed by atoms with Crippen LogP contribution in [0.25, 0.3) is 0 Å². The number of unbranched alkanes of at least 4 members (excludes halogenated alkanes) is 1. The summed E-state index contributed by atoms with van der Waals surface area (Å²) in [5, 5.41) is 3.54. The molecule has 2 nitrogen and oxygen atoms in total. The number of rotatable bonds is 4. The van der Waals surface area contributed by atoms with Crippen LogP contribution >= 0.6 is 0 Å². The van der Waals surface area contributed by atoms with E-state index in [1.807, 2.05) is 0 Å². The largest absolute Gasteiger partial charge is 0.375 e. The molecule has 0 saturated carbocycles. The van der Waals surface area contributed by atoms with Gasteiger partial charge in [-0.05, 0) is 39.7 Å². The summed E-state index contributed by atoms with van der Waals surface area (Å²) in [4.78, 5) is 0. The van der Waals surface area contributed by atoms with Crippen molar-refractivity contribution in [3.05, 3.63) is 0 Å². The maximum atomic E-state index is 5.65. The van der Waals surface area contributed by atoms with E-state index in [0.717, 1.165) is 38.8 Å². The highest BCUT2D eigenvalue weighted by Gasteiger charge is 2.28. The molecule has 0 spiro atoms. The molecular formula is C12H21NO. The number of hydrogen-bond acceptors (Lipinski definition) is 2. The van der Waals surface area contributed by atoms with Gasteiger partial charge in [-0.2, -0.15) is 0 Å². The van der Waals surface area contributed by atoms with Gasteiger partial charge in [0.1, 0.15) is 0 Å². The fourth-order valence-electron chi connectivity index (χ4n) is 1.90. The average molecular weight is 195 g/mol. The Kier molecular flexibility index (Phi) is 4.44. The van der Waals surface area contributed by atoms with Gasteiger partial charge in [-0.1, -0.05) is 0 Å². The topological polar surface area (TPSA) is 21.3 Å². The van der Waals surface area contributed by atoms with Crippen molar-refractivity contribution in [3.8, 4) is 12.3 Å². The van der Waals surface area contributed by atoms with Crippen molar-refractivity contribution in [2.45, 2.75) is 51.2 Å². The molecule has 80 valence electrons. The summed E-state index contributed by atoms with van der Waals surface area (Å²) in [5.74, 6) is 2.66. The smallest absolute Gasteiger partial charge is 0.0641 e. The van der Waals surface area contributed by atoms with Gasteiger partial charge < -0.3 is 10.1 Å². The molecule has 2 heteroatoms. The molecule has 1 heterocycles. The third kappa shape index (κ3) is 4.13. The Balaban J connectivity index is 2.15. The molecule has 1 aliphatic heterocycles. The molecule has 1 unspecified atom stereocenters. The number of ether oxygens (including phenoxy) is 1. The van der Waals surface area contributed by atoms with Gasteiger partial charge in [-0.3, -0.25) is 0 Å². The monoisotopic (exact) mass is 195 g/mol. The molecule has 0 radical (unpaired) electrons. The zero-order chi connectivity index (χ0) is 10.4. The van der Waals surface area contributed by atoms with E-state index in [0.29, 0.717) is 6.04 Å². The molecule has 1 fully saturated rings. The normalized spacial score (nSPS) is 25.6. The van der Waals surface area contributed by atoms with Gasteiger partial charge in [0.2, 0.25) is 0 Å². The predicted molar refractivity (Wildman–Crippen MR) is 59.1 cm³/mol. The van der Waals surface area contributed by atoms with Gasteiger partial charge in [0.05, 0.1) is 5.60 Å². The van der Waals surface area contributed by atoms with Gasteiger partial charge in [-0.25, -0.2) is 0 Å². The zero-order valence-corrected chi connectivity index (χ0v) is 9.31. The van der Waals surface area contributed by atoms with Crippen LogP contribution in [0.2, 0.25) is 0 Å². The Labute approximate surface area is 87.4 Å². The first-order valence-corrected chi connectivity index (χ1v) is 5.45. The fraction of sp³-hybridized carbons (Fsp3) is 0.833. The van der Waals surface area contributed by atoms with E-state index in [2.05, 4.69) is 25.1 Å². The van der Waals surface area contributed by atoms with Crippen LogP contribution in [0.1, 0.15) is 39.5 Å². The van der Waals surface area contributed by atoms with Gasteiger partial charge in [0.15, 0.2) is 0 Å². The lowest BCUT2D eigenvalue weighted by Crippen LogP contribution is -2.43. The van der Waals surface area contributed by atoms with E-state index in [1.165, 1.54) is 0 Å². The van der Waals surface area contributed by atoms with Gasteiger partial charge in [0.25, 0.3) is 0 Å². The van der Waals surface area contributed by atoms with Crippen molar-refractivity contribution in [2.24, 2.45) is 0 Å². The van der Waals surface area contributed by atoms with Crippen LogP contribution < -0.4 is 5.32 Å². The Morgan fingerprint density at radius 1 is 1.57 bits per heavy atom. The van der Waals surface area contributed by atoms with Crippen LogP contribution in [0.5, 0.6) is 0 Å². The van der Waals surface area contributed by atoms with E-state index >= 15 is 0 Å². The second kappa shape index (κ2) is 5.38. The van der Waals surface area contributed by atoms with Crippen LogP contribution in [-0.4, -0.2) is 24.8 Å². The first kappa shape index (κ1) is 11.6. The van der Waals surface area contributed by atoms with E-state index < -0.39 is 0 Å². The fourth-order valence-corrected chi connectivity index (χ4v) is 1.90. The Hall–Kier alpha value is -0.520. The second-order valence-electron chi connectivity index (χ2n) is 4.56. The standard InChI is InChI=1S/C12H21NO/c1-4-5-6-8-13-11-7-9-14-12(2,3)10-11/h1,11,13H,5-10H2,2-3H3. The maximum absolute atomic E-state index is 5.65. The van der Waals surface area contributed by atoms with Crippen LogP contribution in [-0.2, 0) is 4.74 Å². The Bertz CT molecular complexity index is 205. The lowest BCUT2D eigenvalue weighted by Gasteiger charge is -2.36. The van der Waals surface area contributed by atoms with Gasteiger partial charge in [-0.15, -0.1) is 12.3 Å². The van der Waals surface area contributed by atoms with Crippen molar-refractivity contribution in [3.63, 3.8) is 0 Å². The molecule has 0 aliphatic carbocycles. The molecule has 14 heavy (non-hydrogen) atoms. The van der Waals surface area contributed by atoms with Crippen molar-refractivity contribution >= 4 is 0 Å². The van der Waals surface area contributed by atoms with Crippen LogP contribution in [0.15, 0.2) is 0 Å². The molecule has 1 atom stereocenters. The number of hydrogen-bond donors (Lipinski definition) is 1. The minimum absolute atomic E-state index is 0.0437. The van der Waals surface area contributed by atoms with Crippen molar-refractivity contribution in [1.82, 2.24) is 5.32 Å². The van der Waals surface area contributed by atoms with E-state index in [-0.39, 0.29) is 5.60 Å². The Morgan fingerprint density at radius 2 is 2.36 bits per heavy atom. The molecule has 0 aromatic heterocycles. The van der Waals surface area contributed by atoms with Gasteiger partial charge >= 0.3 is 0 Å². The molecule has 1 aliphatic rings. The molecule has 0 aromatic rings. The predicted octanol–water partition coefficient (Wildman–Crippen LogP) is 1.95. The summed E-state index contributed by atoms with van der Waals surface area (Å²) in [5.41, 5.74) is 0.0437. The lowest BCUT2D eigenvalue weighted by molar-refractivity contribution is -0.0627. The van der Waals surface area contributed by atoms with E-state index in [4.69, 9.17) is 11.2 Å². The minimum Gasteiger partial charge on any atom is -0.375 e. The third-order valence-corrected chi connectivity index (χ3v) is 2.63. The molecule has 1 rings (SSSR count). The average Bonchev–Trinajstić information content (AvgIpc) is 2.11. The summed E-state index contributed by atoms with van der Waals surface area (Å²) in [6, 6.07) is 0.608. The highest BCUT2D eigenvalue weighted by atomic mass is 16.5. The summed E-state index contributed by atoms with van der Waals surface area (Å²) < 4.78 is 5.65. The molecule has 0 amide bonds. The summed E-state index contributed by atoms with van der Waals surface area (Å²) in [6.45, 7) is 6.22. The molecular weight excluding hydrogens is 174 g/mol. The van der Waals surface area contributed by atoms with Crippen molar-refractivity contribution in [1.29, 1.82) is 0 Å². The lowest BCUT2D eigenvalue weighted by atomic mass is 9.94. The second-order valence-corrected chi connectivity index (χ2v) is 4.56.